The Kier molecular flexibility index (Phi) is 22.0. The Bertz CT molecular complexity index is 3760. The predicted molar refractivity (Wildman–Crippen MR) is 362 cm³/mol. The van der Waals surface area contributed by atoms with Crippen LogP contribution in [0.1, 0.15) is 31.4 Å². The first-order valence-corrected chi connectivity index (χ1v) is 28.0. The number of nitrogens with two attached hydrogens (primary N) is 2. The molecule has 4 nitrogen and oxygen atoms in total. The van der Waals surface area contributed by atoms with Crippen LogP contribution in [0.25, 0.3) is 66.8 Å². The van der Waals surface area contributed by atoms with Crippen molar-refractivity contribution in [1.82, 2.24) is 0 Å². The van der Waals surface area contributed by atoms with Gasteiger partial charge in [-0.25, -0.2) is 0 Å². The summed E-state index contributed by atoms with van der Waals surface area (Å²) in [6.07, 6.45) is 11.4. The molecule has 0 saturated heterocycles. The van der Waals surface area contributed by atoms with Crippen LogP contribution in [-0.2, 0) is 0 Å². The van der Waals surface area contributed by atoms with E-state index >= 15 is 0 Å². The first-order valence-electron chi connectivity index (χ1n) is 28.0. The molecule has 0 unspecified atom stereocenters. The molecule has 0 fully saturated rings. The van der Waals surface area contributed by atoms with E-state index in [0.717, 1.165) is 51.7 Å². The van der Waals surface area contributed by atoms with Gasteiger partial charge in [-0.05, 0) is 158 Å². The molecule has 0 aliphatic carbocycles. The van der Waals surface area contributed by atoms with E-state index in [4.69, 9.17) is 11.5 Å². The lowest BCUT2D eigenvalue weighted by Crippen LogP contribution is -1.96. The molecule has 0 aliphatic heterocycles. The number of rotatable bonds is 15. The van der Waals surface area contributed by atoms with Crippen LogP contribution in [0.4, 0.5) is 28.4 Å². The third kappa shape index (κ3) is 18.2. The minimum Gasteiger partial charge on any atom is -0.399 e. The third-order valence-corrected chi connectivity index (χ3v) is 13.5. The number of hydrogen-bond donors (Lipinski definition) is 4. The molecule has 408 valence electrons. The minimum absolute atomic E-state index is 0.784. The summed E-state index contributed by atoms with van der Waals surface area (Å²) in [5, 5.41) is 6.87. The Morgan fingerprint density at radius 3 is 1.08 bits per heavy atom. The van der Waals surface area contributed by atoms with E-state index < -0.39 is 0 Å². The fraction of sp³-hybridized carbons (Fsp3) is 0.0380. The van der Waals surface area contributed by atoms with E-state index in [9.17, 15) is 0 Å². The molecule has 83 heavy (non-hydrogen) atoms. The van der Waals surface area contributed by atoms with Gasteiger partial charge in [0.2, 0.25) is 0 Å². The molecule has 0 aromatic heterocycles. The van der Waals surface area contributed by atoms with Crippen LogP contribution < -0.4 is 22.1 Å². The molecule has 6 N–H and O–H groups in total. The van der Waals surface area contributed by atoms with Gasteiger partial charge >= 0.3 is 0 Å². The zero-order chi connectivity index (χ0) is 57.9. The molecule has 0 aliphatic rings. The van der Waals surface area contributed by atoms with Gasteiger partial charge in [0.15, 0.2) is 0 Å². The highest BCUT2D eigenvalue weighted by Gasteiger charge is 2.05. The van der Waals surface area contributed by atoms with Crippen molar-refractivity contribution in [2.75, 3.05) is 22.1 Å². The Morgan fingerprint density at radius 1 is 0.373 bits per heavy atom. The maximum atomic E-state index is 5.80. The van der Waals surface area contributed by atoms with E-state index in [-0.39, 0.29) is 0 Å². The highest BCUT2D eigenvalue weighted by molar-refractivity contribution is 5.79. The van der Waals surface area contributed by atoms with E-state index in [1.54, 1.807) is 0 Å². The highest BCUT2D eigenvalue weighted by Crippen LogP contribution is 2.30. The summed E-state index contributed by atoms with van der Waals surface area (Å²) in [5.74, 6) is 0. The molecule has 0 amide bonds. The number of allylic oxidation sites excluding steroid dienone is 7. The lowest BCUT2D eigenvalue weighted by Gasteiger charge is -2.11. The van der Waals surface area contributed by atoms with Gasteiger partial charge in [0.1, 0.15) is 0 Å². The highest BCUT2D eigenvalue weighted by atomic mass is 14.9. The van der Waals surface area contributed by atoms with E-state index in [2.05, 4.69) is 262 Å². The lowest BCUT2D eigenvalue weighted by atomic mass is 10.00. The molecule has 11 aromatic carbocycles. The van der Waals surface area contributed by atoms with Crippen LogP contribution in [0.3, 0.4) is 0 Å². The van der Waals surface area contributed by atoms with Crippen molar-refractivity contribution in [3.8, 4) is 55.6 Å². The molecule has 4 heteroatoms. The lowest BCUT2D eigenvalue weighted by molar-refractivity contribution is 1.23. The van der Waals surface area contributed by atoms with Crippen LogP contribution in [0.2, 0.25) is 0 Å². The van der Waals surface area contributed by atoms with Gasteiger partial charge in [-0.2, -0.15) is 0 Å². The second-order valence-electron chi connectivity index (χ2n) is 19.5. The number of nitrogens with one attached hydrogen (secondary N) is 2. The van der Waals surface area contributed by atoms with Crippen molar-refractivity contribution < 1.29 is 0 Å². The van der Waals surface area contributed by atoms with Crippen LogP contribution >= 0.6 is 0 Å². The van der Waals surface area contributed by atoms with Gasteiger partial charge in [-0.15, -0.1) is 0 Å². The second kappa shape index (κ2) is 31.2. The number of hydrogen-bond acceptors (Lipinski definition) is 4. The molecule has 0 heterocycles. The van der Waals surface area contributed by atoms with E-state index in [1.807, 2.05) is 103 Å². The Morgan fingerprint density at radius 2 is 0.711 bits per heavy atom. The van der Waals surface area contributed by atoms with Crippen LogP contribution in [0.15, 0.2) is 346 Å². The third-order valence-electron chi connectivity index (χ3n) is 13.5. The standard InChI is InChI=1S/C31H30N2.C24H21N.C12H11N.C12H10/c1-3-6-23(7-4-2)28-8-5-9-31(22-28)33-30-20-16-27(17-21-30)25-12-10-24(11-13-25)26-14-18-29(32)19-15-26;1-3-20(21-10-6-4-7-11-21)18-19(2)25-24-16-14-23(15-17-24)22-12-8-5-9-13-22;13-12-8-6-11(7-9-12)10-4-2-1-3-5-10;1-3-7-11(8-4-1)12-9-5-2-6-10-12/h3,5-22,33H,4,32H2,1-2H3;3-18,25H,1-2H2;1-9H,13H2;1-10H/b6-3-,23-7+;20-18+;;. The average Bonchev–Trinajstić information content (AvgIpc) is 3.58. The Balaban J connectivity index is 0.000000157. The van der Waals surface area contributed by atoms with Crippen molar-refractivity contribution in [3.63, 3.8) is 0 Å². The predicted octanol–water partition coefficient (Wildman–Crippen LogP) is 21.6. The smallest absolute Gasteiger partial charge is 0.0390 e. The minimum atomic E-state index is 0.784. The first kappa shape index (κ1) is 58.5. The summed E-state index contributed by atoms with van der Waals surface area (Å²) in [5.41, 5.74) is 33.8. The van der Waals surface area contributed by atoms with Gasteiger partial charge in [0.05, 0.1) is 0 Å². The molecular formula is C79H72N4. The number of anilines is 5. The van der Waals surface area contributed by atoms with Crippen LogP contribution in [0.5, 0.6) is 0 Å². The van der Waals surface area contributed by atoms with Gasteiger partial charge in [-0.3, -0.25) is 0 Å². The molecule has 0 radical (unpaired) electrons. The van der Waals surface area contributed by atoms with Gasteiger partial charge in [0, 0.05) is 34.1 Å². The first-order chi connectivity index (χ1) is 40.7. The van der Waals surface area contributed by atoms with Crippen LogP contribution in [-0.4, -0.2) is 0 Å². The van der Waals surface area contributed by atoms with Crippen molar-refractivity contribution in [2.24, 2.45) is 0 Å². The summed E-state index contributed by atoms with van der Waals surface area (Å²) in [7, 11) is 0. The zero-order valence-electron chi connectivity index (χ0n) is 47.5. The summed E-state index contributed by atoms with van der Waals surface area (Å²) in [6, 6.07) is 102. The number of benzene rings is 11. The SMILES string of the molecule is C/C=C\C(=C/CC)c1cccc(Nc2ccc(-c3ccc(-c4ccc(N)cc4)cc3)cc2)c1.C=C/C(=C\C(=C)Nc1ccc(-c2ccccc2)cc1)c1ccccc1.Nc1ccc(-c2ccccc2)cc1.c1ccc(-c2ccccc2)cc1. The Labute approximate surface area is 492 Å². The van der Waals surface area contributed by atoms with Crippen molar-refractivity contribution in [2.45, 2.75) is 20.3 Å². The summed E-state index contributed by atoms with van der Waals surface area (Å²) in [4.78, 5) is 0. The van der Waals surface area contributed by atoms with Crippen molar-refractivity contribution >= 4 is 39.6 Å². The molecule has 11 rings (SSSR count). The zero-order valence-corrected chi connectivity index (χ0v) is 47.5. The van der Waals surface area contributed by atoms with Crippen molar-refractivity contribution in [1.29, 1.82) is 0 Å². The summed E-state index contributed by atoms with van der Waals surface area (Å²) < 4.78 is 0. The normalized spacial score (nSPS) is 10.9. The van der Waals surface area contributed by atoms with Crippen molar-refractivity contribution in [3.05, 3.63) is 358 Å². The molecule has 0 atom stereocenters. The quantitative estimate of drug-likeness (QED) is 0.0610. The second-order valence-corrected chi connectivity index (χ2v) is 19.5. The van der Waals surface area contributed by atoms with Gasteiger partial charge < -0.3 is 22.1 Å². The summed E-state index contributed by atoms with van der Waals surface area (Å²) in [6.45, 7) is 12.2. The topological polar surface area (TPSA) is 76.1 Å². The average molecular weight is 1080 g/mol. The van der Waals surface area contributed by atoms with Gasteiger partial charge in [0.25, 0.3) is 0 Å². The van der Waals surface area contributed by atoms with E-state index in [1.165, 1.54) is 66.8 Å². The molecule has 11 aromatic rings. The maximum Gasteiger partial charge on any atom is 0.0390 e. The number of nitrogen functional groups attached to an aromatic ring is 2. The maximum absolute atomic E-state index is 5.80. The fourth-order valence-corrected chi connectivity index (χ4v) is 9.15. The van der Waals surface area contributed by atoms with Crippen LogP contribution in [0, 0.1) is 0 Å². The Hall–Kier alpha value is -10.7. The molecular weight excluding hydrogens is 1000 g/mol. The molecule has 0 spiro atoms. The fourth-order valence-electron chi connectivity index (χ4n) is 9.15. The van der Waals surface area contributed by atoms with Gasteiger partial charge in [-0.1, -0.05) is 281 Å². The largest absolute Gasteiger partial charge is 0.399 e. The molecule has 0 bridgehead atoms. The monoisotopic (exact) mass is 1080 g/mol. The molecule has 0 saturated carbocycles. The van der Waals surface area contributed by atoms with E-state index in [0.29, 0.717) is 0 Å². The summed E-state index contributed by atoms with van der Waals surface area (Å²) >= 11 is 0.